The molecule has 0 fully saturated rings. The number of benzene rings is 1. The van der Waals surface area contributed by atoms with Crippen LogP contribution in [0.4, 0.5) is 5.13 Å². The minimum Gasteiger partial charge on any atom is -0.392 e. The molecule has 0 saturated heterocycles. The summed E-state index contributed by atoms with van der Waals surface area (Å²) in [5.74, 6) is 0. The Morgan fingerprint density at radius 3 is 2.70 bits per heavy atom. The summed E-state index contributed by atoms with van der Waals surface area (Å²) in [5.41, 5.74) is 1.43. The van der Waals surface area contributed by atoms with E-state index in [4.69, 9.17) is 0 Å². The molecule has 0 spiro atoms. The second-order valence-electron chi connectivity index (χ2n) is 4.21. The molecule has 8 heteroatoms. The summed E-state index contributed by atoms with van der Waals surface area (Å²) in [4.78, 5) is 0.0976. The number of sulfonamides is 1. The molecule has 0 aliphatic heterocycles. The van der Waals surface area contributed by atoms with Crippen LogP contribution in [0, 0.1) is 6.92 Å². The van der Waals surface area contributed by atoms with Crippen LogP contribution in [0.5, 0.6) is 0 Å². The number of aryl methyl sites for hydroxylation is 2. The zero-order chi connectivity index (χ0) is 14.8. The quantitative estimate of drug-likeness (QED) is 0.876. The first kappa shape index (κ1) is 14.9. The molecule has 0 aliphatic rings. The van der Waals surface area contributed by atoms with Crippen LogP contribution < -0.4 is 4.72 Å². The number of aromatic nitrogens is 2. The lowest BCUT2D eigenvalue weighted by Gasteiger charge is -2.08. The molecule has 1 aromatic heterocycles. The molecule has 108 valence electrons. The molecule has 0 bridgehead atoms. The Hall–Kier alpha value is -1.51. The van der Waals surface area contributed by atoms with Crippen molar-refractivity contribution in [3.8, 4) is 0 Å². The van der Waals surface area contributed by atoms with Gasteiger partial charge in [-0.3, -0.25) is 4.72 Å². The van der Waals surface area contributed by atoms with Gasteiger partial charge in [0.05, 0.1) is 11.5 Å². The van der Waals surface area contributed by atoms with E-state index in [9.17, 15) is 13.5 Å². The van der Waals surface area contributed by atoms with Crippen molar-refractivity contribution in [3.05, 3.63) is 34.3 Å². The Morgan fingerprint density at radius 2 is 2.10 bits per heavy atom. The summed E-state index contributed by atoms with van der Waals surface area (Å²) in [6.45, 7) is 3.54. The normalized spacial score (nSPS) is 11.6. The van der Waals surface area contributed by atoms with Crippen molar-refractivity contribution in [2.24, 2.45) is 0 Å². The predicted octanol–water partition coefficient (Wildman–Crippen LogP) is 1.70. The number of hydrogen-bond donors (Lipinski definition) is 2. The first-order chi connectivity index (χ1) is 9.46. The topological polar surface area (TPSA) is 92.2 Å². The van der Waals surface area contributed by atoms with E-state index in [1.165, 1.54) is 23.5 Å². The molecule has 2 aromatic rings. The lowest BCUT2D eigenvalue weighted by atomic mass is 10.1. The van der Waals surface area contributed by atoms with Crippen molar-refractivity contribution in [1.29, 1.82) is 0 Å². The minimum absolute atomic E-state index is 0.0976. The van der Waals surface area contributed by atoms with Crippen LogP contribution in [-0.2, 0) is 23.1 Å². The third kappa shape index (κ3) is 3.14. The molecule has 0 aliphatic carbocycles. The highest BCUT2D eigenvalue weighted by Crippen LogP contribution is 2.21. The van der Waals surface area contributed by atoms with Crippen LogP contribution in [0.3, 0.4) is 0 Å². The van der Waals surface area contributed by atoms with Crippen molar-refractivity contribution < 1.29 is 13.5 Å². The van der Waals surface area contributed by atoms with E-state index in [-0.39, 0.29) is 16.6 Å². The number of nitrogens with one attached hydrogen (secondary N) is 1. The van der Waals surface area contributed by atoms with E-state index in [1.54, 1.807) is 6.07 Å². The molecule has 0 amide bonds. The van der Waals surface area contributed by atoms with E-state index in [0.717, 1.165) is 10.6 Å². The van der Waals surface area contributed by atoms with Crippen molar-refractivity contribution in [3.63, 3.8) is 0 Å². The molecule has 0 atom stereocenters. The van der Waals surface area contributed by atoms with Crippen LogP contribution in [0.25, 0.3) is 0 Å². The molecule has 0 unspecified atom stereocenters. The number of hydrogen-bond acceptors (Lipinski definition) is 6. The molecule has 0 radical (unpaired) electrons. The Morgan fingerprint density at radius 1 is 1.35 bits per heavy atom. The monoisotopic (exact) mass is 313 g/mol. The molecule has 2 N–H and O–H groups in total. The largest absolute Gasteiger partial charge is 0.392 e. The fourth-order valence-corrected chi connectivity index (χ4v) is 3.56. The molecule has 0 saturated carbocycles. The maximum Gasteiger partial charge on any atom is 0.263 e. The van der Waals surface area contributed by atoms with E-state index >= 15 is 0 Å². The van der Waals surface area contributed by atoms with Gasteiger partial charge in [0.25, 0.3) is 10.0 Å². The van der Waals surface area contributed by atoms with Gasteiger partial charge in [0.15, 0.2) is 0 Å². The highest BCUT2D eigenvalue weighted by atomic mass is 32.2. The highest BCUT2D eigenvalue weighted by Gasteiger charge is 2.17. The molecule has 1 heterocycles. The summed E-state index contributed by atoms with van der Waals surface area (Å²) in [5, 5.41) is 17.9. The van der Waals surface area contributed by atoms with Gasteiger partial charge in [-0.15, -0.1) is 10.2 Å². The van der Waals surface area contributed by atoms with E-state index < -0.39 is 10.0 Å². The van der Waals surface area contributed by atoms with Crippen LogP contribution >= 0.6 is 11.3 Å². The van der Waals surface area contributed by atoms with Crippen molar-refractivity contribution in [2.75, 3.05) is 4.72 Å². The maximum atomic E-state index is 12.2. The Kier molecular flexibility index (Phi) is 4.36. The smallest absolute Gasteiger partial charge is 0.263 e. The first-order valence-electron chi connectivity index (χ1n) is 6.02. The van der Waals surface area contributed by atoms with Gasteiger partial charge in [0.2, 0.25) is 5.13 Å². The molecular formula is C12H15N3O3S2. The van der Waals surface area contributed by atoms with Gasteiger partial charge in [-0.2, -0.15) is 0 Å². The van der Waals surface area contributed by atoms with Crippen LogP contribution in [0.1, 0.15) is 23.1 Å². The summed E-state index contributed by atoms with van der Waals surface area (Å²) < 4.78 is 26.8. The van der Waals surface area contributed by atoms with Crippen LogP contribution in [0.15, 0.2) is 23.1 Å². The van der Waals surface area contributed by atoms with Gasteiger partial charge in [-0.05, 0) is 36.6 Å². The van der Waals surface area contributed by atoms with Crippen molar-refractivity contribution in [1.82, 2.24) is 10.2 Å². The Labute approximate surface area is 121 Å². The van der Waals surface area contributed by atoms with Gasteiger partial charge in [0.1, 0.15) is 5.01 Å². The van der Waals surface area contributed by atoms with Crippen molar-refractivity contribution >= 4 is 26.5 Å². The maximum absolute atomic E-state index is 12.2. The Bertz CT molecular complexity index is 710. The SMILES string of the molecule is CCc1nnc(NS(=O)(=O)c2ccc(C)c(CO)c2)s1. The number of aliphatic hydroxyl groups is 1. The Balaban J connectivity index is 2.30. The zero-order valence-corrected chi connectivity index (χ0v) is 12.8. The fourth-order valence-electron chi connectivity index (χ4n) is 1.60. The third-order valence-electron chi connectivity index (χ3n) is 2.79. The first-order valence-corrected chi connectivity index (χ1v) is 8.32. The van der Waals surface area contributed by atoms with Gasteiger partial charge >= 0.3 is 0 Å². The highest BCUT2D eigenvalue weighted by molar-refractivity contribution is 7.93. The number of nitrogens with zero attached hydrogens (tertiary/aromatic N) is 2. The van der Waals surface area contributed by atoms with E-state index in [1.807, 2.05) is 13.8 Å². The molecule has 1 aromatic carbocycles. The van der Waals surface area contributed by atoms with Crippen LogP contribution in [0.2, 0.25) is 0 Å². The molecule has 20 heavy (non-hydrogen) atoms. The average Bonchev–Trinajstić information content (AvgIpc) is 2.86. The standard InChI is InChI=1S/C12H15N3O3S2/c1-3-11-13-14-12(19-11)15-20(17,18)10-5-4-8(2)9(6-10)7-16/h4-6,16H,3,7H2,1-2H3,(H,14,15). The third-order valence-corrected chi connectivity index (χ3v) is 5.24. The number of rotatable bonds is 5. The van der Waals surface area contributed by atoms with Gasteiger partial charge in [-0.1, -0.05) is 24.3 Å². The lowest BCUT2D eigenvalue weighted by Crippen LogP contribution is -2.13. The number of aliphatic hydroxyl groups excluding tert-OH is 1. The molecule has 2 rings (SSSR count). The van der Waals surface area contributed by atoms with Gasteiger partial charge < -0.3 is 5.11 Å². The molecule has 6 nitrogen and oxygen atoms in total. The summed E-state index contributed by atoms with van der Waals surface area (Å²) in [6.07, 6.45) is 0.707. The fraction of sp³-hybridized carbons (Fsp3) is 0.333. The average molecular weight is 313 g/mol. The minimum atomic E-state index is -3.71. The summed E-state index contributed by atoms with van der Waals surface area (Å²) in [7, 11) is -3.71. The summed E-state index contributed by atoms with van der Waals surface area (Å²) >= 11 is 1.21. The van der Waals surface area contributed by atoms with Crippen LogP contribution in [-0.4, -0.2) is 23.7 Å². The lowest BCUT2D eigenvalue weighted by molar-refractivity contribution is 0.281. The second-order valence-corrected chi connectivity index (χ2v) is 6.95. The van der Waals surface area contributed by atoms with Gasteiger partial charge in [-0.25, -0.2) is 8.42 Å². The molecular weight excluding hydrogens is 298 g/mol. The zero-order valence-electron chi connectivity index (χ0n) is 11.1. The van der Waals surface area contributed by atoms with E-state index in [0.29, 0.717) is 12.0 Å². The van der Waals surface area contributed by atoms with Crippen molar-refractivity contribution in [2.45, 2.75) is 31.8 Å². The predicted molar refractivity (Wildman–Crippen MR) is 77.2 cm³/mol. The van der Waals surface area contributed by atoms with Gasteiger partial charge in [0, 0.05) is 0 Å². The number of anilines is 1. The summed E-state index contributed by atoms with van der Waals surface area (Å²) in [6, 6.07) is 4.62. The second kappa shape index (κ2) is 5.86. The van der Waals surface area contributed by atoms with E-state index in [2.05, 4.69) is 14.9 Å².